The third kappa shape index (κ3) is 5.33. The number of hydrogen-bond acceptors (Lipinski definition) is 2. The number of ether oxygens (including phenoxy) is 1. The van der Waals surface area contributed by atoms with E-state index >= 15 is 0 Å². The van der Waals surface area contributed by atoms with Crippen molar-refractivity contribution in [3.05, 3.63) is 35.9 Å². The van der Waals surface area contributed by atoms with Crippen molar-refractivity contribution in [1.29, 1.82) is 0 Å². The molecule has 2 atom stereocenters. The first kappa shape index (κ1) is 14.2. The van der Waals surface area contributed by atoms with E-state index in [0.29, 0.717) is 12.1 Å². The highest BCUT2D eigenvalue weighted by Crippen LogP contribution is 2.18. The maximum absolute atomic E-state index is 5.45. The molecule has 96 valence electrons. The normalized spacial score (nSPS) is 14.5. The van der Waals surface area contributed by atoms with Gasteiger partial charge in [0.2, 0.25) is 0 Å². The Morgan fingerprint density at radius 2 is 1.88 bits per heavy atom. The zero-order chi connectivity index (χ0) is 12.5. The van der Waals surface area contributed by atoms with Crippen molar-refractivity contribution < 1.29 is 4.74 Å². The molecule has 0 radical (unpaired) electrons. The fraction of sp³-hybridized carbons (Fsp3) is 0.600. The Kier molecular flexibility index (Phi) is 6.90. The van der Waals surface area contributed by atoms with E-state index in [9.17, 15) is 0 Å². The number of nitrogens with one attached hydrogen (secondary N) is 1. The highest BCUT2D eigenvalue weighted by molar-refractivity contribution is 5.18. The van der Waals surface area contributed by atoms with Crippen LogP contribution in [0.15, 0.2) is 30.3 Å². The van der Waals surface area contributed by atoms with Crippen molar-refractivity contribution in [2.75, 3.05) is 13.2 Å². The van der Waals surface area contributed by atoms with Crippen molar-refractivity contribution in [1.82, 2.24) is 5.32 Å². The molecule has 2 heteroatoms. The van der Waals surface area contributed by atoms with Gasteiger partial charge in [0.1, 0.15) is 0 Å². The summed E-state index contributed by atoms with van der Waals surface area (Å²) < 4.78 is 5.45. The van der Waals surface area contributed by atoms with Gasteiger partial charge in [0, 0.05) is 18.7 Å². The van der Waals surface area contributed by atoms with Gasteiger partial charge in [-0.3, -0.25) is 0 Å². The predicted octanol–water partition coefficient (Wildman–Crippen LogP) is 3.54. The van der Waals surface area contributed by atoms with Crippen LogP contribution in [-0.2, 0) is 4.74 Å². The first-order chi connectivity index (χ1) is 8.27. The SMILES string of the molecule is CCCC(NC(C)COCC)c1ccccc1. The molecule has 0 aliphatic heterocycles. The fourth-order valence-corrected chi connectivity index (χ4v) is 2.01. The molecular formula is C15H25NO. The first-order valence-corrected chi connectivity index (χ1v) is 6.66. The Morgan fingerprint density at radius 1 is 1.18 bits per heavy atom. The van der Waals surface area contributed by atoms with E-state index in [2.05, 4.69) is 49.5 Å². The quantitative estimate of drug-likeness (QED) is 0.744. The number of benzene rings is 1. The summed E-state index contributed by atoms with van der Waals surface area (Å²) in [5.74, 6) is 0. The molecule has 0 saturated heterocycles. The summed E-state index contributed by atoms with van der Waals surface area (Å²) in [7, 11) is 0. The summed E-state index contributed by atoms with van der Waals surface area (Å²) in [6.07, 6.45) is 2.36. The zero-order valence-corrected chi connectivity index (χ0v) is 11.3. The molecule has 17 heavy (non-hydrogen) atoms. The van der Waals surface area contributed by atoms with E-state index in [4.69, 9.17) is 4.74 Å². The fourth-order valence-electron chi connectivity index (χ4n) is 2.01. The van der Waals surface area contributed by atoms with Gasteiger partial charge in [-0.15, -0.1) is 0 Å². The highest BCUT2D eigenvalue weighted by atomic mass is 16.5. The maximum atomic E-state index is 5.45. The van der Waals surface area contributed by atoms with Crippen LogP contribution < -0.4 is 5.32 Å². The molecule has 1 N–H and O–H groups in total. The molecule has 0 amide bonds. The van der Waals surface area contributed by atoms with Crippen LogP contribution in [0.25, 0.3) is 0 Å². The van der Waals surface area contributed by atoms with E-state index in [1.165, 1.54) is 18.4 Å². The molecule has 1 aromatic carbocycles. The largest absolute Gasteiger partial charge is 0.380 e. The van der Waals surface area contributed by atoms with Crippen LogP contribution in [0.1, 0.15) is 45.2 Å². The van der Waals surface area contributed by atoms with Crippen molar-refractivity contribution in [3.63, 3.8) is 0 Å². The maximum Gasteiger partial charge on any atom is 0.0616 e. The summed E-state index contributed by atoms with van der Waals surface area (Å²) in [5.41, 5.74) is 1.37. The molecule has 0 aromatic heterocycles. The second kappa shape index (κ2) is 8.26. The molecule has 0 spiro atoms. The van der Waals surface area contributed by atoms with E-state index in [0.717, 1.165) is 13.2 Å². The Bertz CT molecular complexity index is 286. The number of rotatable bonds is 8. The smallest absolute Gasteiger partial charge is 0.0616 e. The van der Waals surface area contributed by atoms with Crippen LogP contribution in [0.2, 0.25) is 0 Å². The lowest BCUT2D eigenvalue weighted by molar-refractivity contribution is 0.123. The van der Waals surface area contributed by atoms with Crippen molar-refractivity contribution in [2.45, 2.75) is 45.7 Å². The third-order valence-corrected chi connectivity index (χ3v) is 2.84. The molecule has 0 saturated carbocycles. The van der Waals surface area contributed by atoms with Gasteiger partial charge >= 0.3 is 0 Å². The van der Waals surface area contributed by atoms with Crippen LogP contribution in [0, 0.1) is 0 Å². The van der Waals surface area contributed by atoms with Gasteiger partial charge in [-0.2, -0.15) is 0 Å². The lowest BCUT2D eigenvalue weighted by Crippen LogP contribution is -2.34. The van der Waals surface area contributed by atoms with Crippen LogP contribution in [0.4, 0.5) is 0 Å². The molecule has 2 nitrogen and oxygen atoms in total. The minimum absolute atomic E-state index is 0.395. The predicted molar refractivity (Wildman–Crippen MR) is 73.2 cm³/mol. The average Bonchev–Trinajstić information content (AvgIpc) is 2.37. The monoisotopic (exact) mass is 235 g/mol. The van der Waals surface area contributed by atoms with Gasteiger partial charge in [0.25, 0.3) is 0 Å². The Morgan fingerprint density at radius 3 is 2.47 bits per heavy atom. The van der Waals surface area contributed by atoms with Crippen molar-refractivity contribution >= 4 is 0 Å². The standard InChI is InChI=1S/C15H25NO/c1-4-9-15(14-10-7-6-8-11-14)16-13(3)12-17-5-2/h6-8,10-11,13,15-16H,4-5,9,12H2,1-3H3. The van der Waals surface area contributed by atoms with E-state index in [1.54, 1.807) is 0 Å². The minimum Gasteiger partial charge on any atom is -0.380 e. The van der Waals surface area contributed by atoms with Gasteiger partial charge in [-0.25, -0.2) is 0 Å². The minimum atomic E-state index is 0.395. The molecule has 0 heterocycles. The van der Waals surface area contributed by atoms with Crippen LogP contribution in [0.5, 0.6) is 0 Å². The summed E-state index contributed by atoms with van der Waals surface area (Å²) in [5, 5.41) is 3.64. The van der Waals surface area contributed by atoms with Gasteiger partial charge in [-0.05, 0) is 25.8 Å². The Labute approximate surface area is 105 Å². The third-order valence-electron chi connectivity index (χ3n) is 2.84. The summed E-state index contributed by atoms with van der Waals surface area (Å²) >= 11 is 0. The summed E-state index contributed by atoms with van der Waals surface area (Å²) in [6.45, 7) is 8.01. The van der Waals surface area contributed by atoms with Gasteiger partial charge in [0.05, 0.1) is 6.61 Å². The van der Waals surface area contributed by atoms with Crippen molar-refractivity contribution in [2.24, 2.45) is 0 Å². The molecular weight excluding hydrogens is 210 g/mol. The topological polar surface area (TPSA) is 21.3 Å². The van der Waals surface area contributed by atoms with Gasteiger partial charge < -0.3 is 10.1 Å². The number of hydrogen-bond donors (Lipinski definition) is 1. The highest BCUT2D eigenvalue weighted by Gasteiger charge is 2.12. The average molecular weight is 235 g/mol. The van der Waals surface area contributed by atoms with Crippen LogP contribution in [0.3, 0.4) is 0 Å². The zero-order valence-electron chi connectivity index (χ0n) is 11.3. The van der Waals surface area contributed by atoms with Crippen LogP contribution in [-0.4, -0.2) is 19.3 Å². The molecule has 0 bridgehead atoms. The summed E-state index contributed by atoms with van der Waals surface area (Å²) in [6, 6.07) is 11.5. The molecule has 1 rings (SSSR count). The summed E-state index contributed by atoms with van der Waals surface area (Å²) in [4.78, 5) is 0. The molecule has 0 fully saturated rings. The van der Waals surface area contributed by atoms with E-state index in [1.807, 2.05) is 6.92 Å². The van der Waals surface area contributed by atoms with E-state index < -0.39 is 0 Å². The van der Waals surface area contributed by atoms with Crippen molar-refractivity contribution in [3.8, 4) is 0 Å². The lowest BCUT2D eigenvalue weighted by atomic mass is 10.0. The molecule has 2 unspecified atom stereocenters. The van der Waals surface area contributed by atoms with Crippen LogP contribution >= 0.6 is 0 Å². The van der Waals surface area contributed by atoms with Gasteiger partial charge in [0.15, 0.2) is 0 Å². The Balaban J connectivity index is 2.54. The second-order valence-electron chi connectivity index (χ2n) is 4.48. The molecule has 0 aliphatic carbocycles. The lowest BCUT2D eigenvalue weighted by Gasteiger charge is -2.23. The molecule has 1 aromatic rings. The second-order valence-corrected chi connectivity index (χ2v) is 4.48. The Hall–Kier alpha value is -0.860. The van der Waals surface area contributed by atoms with E-state index in [-0.39, 0.29) is 0 Å². The van der Waals surface area contributed by atoms with Gasteiger partial charge in [-0.1, -0.05) is 43.7 Å². The first-order valence-electron chi connectivity index (χ1n) is 6.66. The molecule has 0 aliphatic rings.